The van der Waals surface area contributed by atoms with Crippen LogP contribution < -0.4 is 0 Å². The van der Waals surface area contributed by atoms with Gasteiger partial charge in [0.15, 0.2) is 11.6 Å². The second kappa shape index (κ2) is 12.8. The predicted molar refractivity (Wildman–Crippen MR) is 254 cm³/mol. The summed E-state index contributed by atoms with van der Waals surface area (Å²) in [7, 11) is 0. The van der Waals surface area contributed by atoms with Gasteiger partial charge in [-0.05, 0) is 74.3 Å². The van der Waals surface area contributed by atoms with Crippen molar-refractivity contribution in [2.24, 2.45) is 0 Å². The van der Waals surface area contributed by atoms with Crippen molar-refractivity contribution in [1.29, 1.82) is 0 Å². The molecule has 1 spiro atoms. The Morgan fingerprint density at radius 3 is 1.68 bits per heavy atom. The van der Waals surface area contributed by atoms with Crippen LogP contribution in [0.2, 0.25) is 0 Å². The van der Waals surface area contributed by atoms with E-state index in [0.717, 1.165) is 66.0 Å². The van der Waals surface area contributed by atoms with Crippen LogP contribution in [0.25, 0.3) is 106 Å². The van der Waals surface area contributed by atoms with Crippen LogP contribution in [0.5, 0.6) is 0 Å². The van der Waals surface area contributed by atoms with Gasteiger partial charge in [0.1, 0.15) is 11.2 Å². The van der Waals surface area contributed by atoms with Crippen molar-refractivity contribution in [2.75, 3.05) is 0 Å². The quantitative estimate of drug-likeness (QED) is 0.178. The summed E-state index contributed by atoms with van der Waals surface area (Å²) in [4.78, 5) is 16.2. The summed E-state index contributed by atoms with van der Waals surface area (Å²) in [6.45, 7) is 0. The minimum Gasteiger partial charge on any atom is -0.456 e. The van der Waals surface area contributed by atoms with Crippen LogP contribution in [0, 0.1) is 0 Å². The van der Waals surface area contributed by atoms with Gasteiger partial charge in [-0.15, -0.1) is 0 Å². The van der Waals surface area contributed by atoms with Gasteiger partial charge in [0.25, 0.3) is 0 Å². The van der Waals surface area contributed by atoms with Crippen molar-refractivity contribution < 1.29 is 4.42 Å². The smallest absolute Gasteiger partial charge is 0.238 e. The lowest BCUT2D eigenvalue weighted by Crippen LogP contribution is -2.25. The minimum absolute atomic E-state index is 0.496. The molecule has 12 aromatic rings. The summed E-state index contributed by atoms with van der Waals surface area (Å²) in [5.41, 5.74) is 17.3. The largest absolute Gasteiger partial charge is 0.456 e. The first-order valence-electron chi connectivity index (χ1n) is 21.4. The van der Waals surface area contributed by atoms with Gasteiger partial charge in [0.2, 0.25) is 5.95 Å². The number of rotatable bonds is 4. The molecule has 0 N–H and O–H groups in total. The number of benzene rings is 9. The molecule has 0 radical (unpaired) electrons. The zero-order valence-electron chi connectivity index (χ0n) is 33.8. The zero-order chi connectivity index (χ0) is 41.2. The highest BCUT2D eigenvalue weighted by Gasteiger charge is 2.52. The van der Waals surface area contributed by atoms with E-state index < -0.39 is 5.41 Å². The van der Waals surface area contributed by atoms with E-state index in [0.29, 0.717) is 17.6 Å². The first kappa shape index (κ1) is 34.3. The van der Waals surface area contributed by atoms with Crippen molar-refractivity contribution in [1.82, 2.24) is 19.5 Å². The Morgan fingerprint density at radius 1 is 0.381 bits per heavy atom. The molecule has 0 unspecified atom stereocenters. The van der Waals surface area contributed by atoms with Crippen LogP contribution in [-0.2, 0) is 5.41 Å². The van der Waals surface area contributed by atoms with Crippen molar-refractivity contribution in [3.63, 3.8) is 0 Å². The predicted octanol–water partition coefficient (Wildman–Crippen LogP) is 14.2. The second-order valence-electron chi connectivity index (χ2n) is 16.6. The first-order chi connectivity index (χ1) is 31.3. The maximum atomic E-state index is 6.61. The third-order valence-electron chi connectivity index (χ3n) is 13.5. The van der Waals surface area contributed by atoms with Crippen molar-refractivity contribution in [2.45, 2.75) is 5.41 Å². The molecule has 0 saturated heterocycles. The summed E-state index contributed by atoms with van der Waals surface area (Å²) in [5, 5.41) is 4.43. The van der Waals surface area contributed by atoms with Gasteiger partial charge in [0, 0.05) is 38.2 Å². The van der Waals surface area contributed by atoms with Gasteiger partial charge in [-0.25, -0.2) is 4.98 Å². The monoisotopic (exact) mass is 802 g/mol. The number of furan rings is 1. The van der Waals surface area contributed by atoms with Gasteiger partial charge in [-0.3, -0.25) is 4.57 Å². The highest BCUT2D eigenvalue weighted by atomic mass is 16.3. The minimum atomic E-state index is -0.496. The Kier molecular flexibility index (Phi) is 6.97. The molecule has 2 aliphatic rings. The number of aromatic nitrogens is 4. The fraction of sp³-hybridized carbons (Fsp3) is 0.0172. The van der Waals surface area contributed by atoms with E-state index in [2.05, 4.69) is 180 Å². The molecule has 5 heteroatoms. The number of hydrogen-bond acceptors (Lipinski definition) is 4. The number of nitrogens with zero attached hydrogens (tertiary/aromatic N) is 4. The molecule has 0 fully saturated rings. The topological polar surface area (TPSA) is 56.7 Å². The van der Waals surface area contributed by atoms with Crippen LogP contribution in [0.15, 0.2) is 211 Å². The zero-order valence-corrected chi connectivity index (χ0v) is 33.8. The Balaban J connectivity index is 1.10. The highest BCUT2D eigenvalue weighted by Crippen LogP contribution is 2.64. The van der Waals surface area contributed by atoms with Gasteiger partial charge in [-0.2, -0.15) is 9.97 Å². The summed E-state index contributed by atoms with van der Waals surface area (Å²) in [6, 6.07) is 73.6. The van der Waals surface area contributed by atoms with E-state index in [-0.39, 0.29) is 0 Å². The molecule has 3 heterocycles. The first-order valence-corrected chi connectivity index (χ1v) is 21.4. The van der Waals surface area contributed by atoms with E-state index in [1.54, 1.807) is 0 Å². The average molecular weight is 803 g/mol. The summed E-state index contributed by atoms with van der Waals surface area (Å²) in [6.07, 6.45) is 0. The third kappa shape index (κ3) is 4.63. The van der Waals surface area contributed by atoms with Crippen molar-refractivity contribution in [3.05, 3.63) is 229 Å². The normalized spacial score (nSPS) is 13.2. The molecule has 0 atom stereocenters. The fourth-order valence-electron chi connectivity index (χ4n) is 11.0. The van der Waals surface area contributed by atoms with E-state index >= 15 is 0 Å². The van der Waals surface area contributed by atoms with E-state index in [9.17, 15) is 0 Å². The summed E-state index contributed by atoms with van der Waals surface area (Å²) >= 11 is 0. The SMILES string of the molecule is c1ccc(-c2nc(-c3cc(-c4ccccc4)c4c(c3)oc3ccccc34)nc(-n3c4ccccc4c4ccc5c(c43)-c3ccccc3C53c4ccccc4-c4ccccc43)n2)cc1. The molecule has 292 valence electrons. The Hall–Kier alpha value is -8.41. The molecule has 0 amide bonds. The Bertz CT molecular complexity index is 3820. The van der Waals surface area contributed by atoms with Crippen LogP contribution in [0.1, 0.15) is 22.3 Å². The second-order valence-corrected chi connectivity index (χ2v) is 16.6. The standard InChI is InChI=1S/C58H34N4O/c1-3-17-35(18-4-1)44-33-37(34-51-52(44)43-25-11-16-30-50(43)63-51)56-59-55(36-19-5-2-6-20-36)60-57(61-56)62-49-29-15-10-23-40(49)41-31-32-48-53(54(41)62)42-24-9-14-28-47(42)58(48)45-26-12-7-21-38(45)39-22-8-13-27-46(39)58/h1-34H. The van der Waals surface area contributed by atoms with Gasteiger partial charge < -0.3 is 4.42 Å². The third-order valence-corrected chi connectivity index (χ3v) is 13.5. The maximum Gasteiger partial charge on any atom is 0.238 e. The van der Waals surface area contributed by atoms with Gasteiger partial charge in [0.05, 0.1) is 16.4 Å². The van der Waals surface area contributed by atoms with Gasteiger partial charge >= 0.3 is 0 Å². The van der Waals surface area contributed by atoms with E-state index in [1.807, 2.05) is 30.3 Å². The van der Waals surface area contributed by atoms with Crippen LogP contribution >= 0.6 is 0 Å². The lowest BCUT2D eigenvalue weighted by molar-refractivity contribution is 0.669. The molecule has 3 aromatic heterocycles. The molecular formula is C58H34N4O. The number of hydrogen-bond donors (Lipinski definition) is 0. The van der Waals surface area contributed by atoms with Gasteiger partial charge in [-0.1, -0.05) is 182 Å². The number of para-hydroxylation sites is 2. The molecule has 0 saturated carbocycles. The molecule has 5 nitrogen and oxygen atoms in total. The van der Waals surface area contributed by atoms with E-state index in [4.69, 9.17) is 19.4 Å². The van der Waals surface area contributed by atoms with Crippen LogP contribution in [0.3, 0.4) is 0 Å². The summed E-state index contributed by atoms with van der Waals surface area (Å²) in [5.74, 6) is 1.71. The highest BCUT2D eigenvalue weighted by molar-refractivity contribution is 6.17. The number of fused-ring (bicyclic) bond motifs is 17. The molecule has 0 bridgehead atoms. The lowest BCUT2D eigenvalue weighted by atomic mass is 9.70. The lowest BCUT2D eigenvalue weighted by Gasteiger charge is -2.30. The molecular weight excluding hydrogens is 769 g/mol. The van der Waals surface area contributed by atoms with Crippen molar-refractivity contribution >= 4 is 43.7 Å². The molecule has 14 rings (SSSR count). The fourth-order valence-corrected chi connectivity index (χ4v) is 11.0. The van der Waals surface area contributed by atoms with Crippen LogP contribution in [0.4, 0.5) is 0 Å². The van der Waals surface area contributed by atoms with E-state index in [1.165, 1.54) is 44.5 Å². The van der Waals surface area contributed by atoms with Crippen molar-refractivity contribution in [3.8, 4) is 62.1 Å². The van der Waals surface area contributed by atoms with Crippen LogP contribution in [-0.4, -0.2) is 19.5 Å². The summed E-state index contributed by atoms with van der Waals surface area (Å²) < 4.78 is 8.91. The maximum absolute atomic E-state index is 6.61. The Morgan fingerprint density at radius 2 is 0.952 bits per heavy atom. The molecule has 9 aromatic carbocycles. The Labute approximate surface area is 362 Å². The molecule has 63 heavy (non-hydrogen) atoms. The molecule has 0 aliphatic heterocycles. The molecule has 2 aliphatic carbocycles. The average Bonchev–Trinajstić information content (AvgIpc) is 4.08.